The quantitative estimate of drug-likeness (QED) is 0.874. The number of aryl methyl sites for hydroxylation is 1. The minimum atomic E-state index is 0.172. The maximum atomic E-state index is 12.1. The first-order chi connectivity index (χ1) is 10.3. The topological polar surface area (TPSA) is 41.6 Å². The van der Waals surface area contributed by atoms with E-state index in [0.29, 0.717) is 19.1 Å². The van der Waals surface area contributed by atoms with E-state index in [4.69, 9.17) is 4.74 Å². The molecule has 21 heavy (non-hydrogen) atoms. The molecule has 0 radical (unpaired) electrons. The molecule has 2 saturated heterocycles. The van der Waals surface area contributed by atoms with Crippen LogP contribution in [0, 0.1) is 0 Å². The number of rotatable bonds is 6. The predicted octanol–water partition coefficient (Wildman–Crippen LogP) is 2.05. The van der Waals surface area contributed by atoms with Gasteiger partial charge in [0.25, 0.3) is 0 Å². The van der Waals surface area contributed by atoms with Gasteiger partial charge in [0.1, 0.15) is 0 Å². The molecule has 0 saturated carbocycles. The van der Waals surface area contributed by atoms with Gasteiger partial charge in [-0.25, -0.2) is 0 Å². The number of thiophene rings is 1. The van der Waals surface area contributed by atoms with E-state index in [9.17, 15) is 4.79 Å². The molecule has 1 aromatic heterocycles. The van der Waals surface area contributed by atoms with E-state index in [1.165, 1.54) is 17.7 Å². The second-order valence-electron chi connectivity index (χ2n) is 5.95. The van der Waals surface area contributed by atoms with E-state index in [2.05, 4.69) is 27.7 Å². The fourth-order valence-electron chi connectivity index (χ4n) is 3.27. The molecule has 1 N–H and O–H groups in total. The Kier molecular flexibility index (Phi) is 5.27. The van der Waals surface area contributed by atoms with E-state index in [-0.39, 0.29) is 11.9 Å². The Labute approximate surface area is 130 Å². The highest BCUT2D eigenvalue weighted by molar-refractivity contribution is 7.09. The van der Waals surface area contributed by atoms with E-state index < -0.39 is 0 Å². The third-order valence-electron chi connectivity index (χ3n) is 4.41. The number of hydrogen-bond acceptors (Lipinski definition) is 4. The van der Waals surface area contributed by atoms with Crippen LogP contribution in [0.3, 0.4) is 0 Å². The van der Waals surface area contributed by atoms with Crippen molar-refractivity contribution in [1.82, 2.24) is 10.2 Å². The smallest absolute Gasteiger partial charge is 0.220 e. The molecular weight excluding hydrogens is 284 g/mol. The van der Waals surface area contributed by atoms with E-state index in [1.807, 2.05) is 0 Å². The minimum Gasteiger partial charge on any atom is -0.378 e. The summed E-state index contributed by atoms with van der Waals surface area (Å²) in [6, 6.07) is 4.76. The second-order valence-corrected chi connectivity index (χ2v) is 6.99. The molecule has 0 spiro atoms. The number of ether oxygens (including phenoxy) is 1. The van der Waals surface area contributed by atoms with Crippen LogP contribution in [-0.4, -0.2) is 49.2 Å². The Morgan fingerprint density at radius 1 is 1.38 bits per heavy atom. The lowest BCUT2D eigenvalue weighted by molar-refractivity contribution is -0.122. The molecule has 1 aromatic rings. The summed E-state index contributed by atoms with van der Waals surface area (Å²) in [6.07, 6.45) is 5.09. The molecule has 3 rings (SSSR count). The van der Waals surface area contributed by atoms with Crippen molar-refractivity contribution >= 4 is 17.2 Å². The third-order valence-corrected chi connectivity index (χ3v) is 5.35. The molecule has 2 aliphatic heterocycles. The van der Waals surface area contributed by atoms with Crippen LogP contribution >= 0.6 is 11.3 Å². The van der Waals surface area contributed by atoms with Gasteiger partial charge in [-0.1, -0.05) is 6.07 Å². The average molecular weight is 308 g/mol. The first-order valence-electron chi connectivity index (χ1n) is 7.96. The van der Waals surface area contributed by atoms with Crippen LogP contribution in [0.2, 0.25) is 0 Å². The standard InChI is InChI=1S/C16H24N2O2S/c19-16(7-3-5-13-6-4-10-21-13)17-14-11-20-12-15(14)18-8-1-2-9-18/h4,6,10,14-15H,1-3,5,7-9,11-12H2,(H,17,19)/t14-,15-/m0/s1. The molecule has 0 aliphatic carbocycles. The molecular formula is C16H24N2O2S. The van der Waals surface area contributed by atoms with Gasteiger partial charge in [0.05, 0.1) is 25.3 Å². The highest BCUT2D eigenvalue weighted by atomic mass is 32.1. The summed E-state index contributed by atoms with van der Waals surface area (Å²) in [7, 11) is 0. The summed E-state index contributed by atoms with van der Waals surface area (Å²) in [5.41, 5.74) is 0. The van der Waals surface area contributed by atoms with Crippen molar-refractivity contribution in [1.29, 1.82) is 0 Å². The Hall–Kier alpha value is -0.910. The van der Waals surface area contributed by atoms with Crippen molar-refractivity contribution in [3.63, 3.8) is 0 Å². The predicted molar refractivity (Wildman–Crippen MR) is 84.6 cm³/mol. The first kappa shape index (κ1) is 15.0. The molecule has 0 aromatic carbocycles. The number of carbonyl (C=O) groups is 1. The zero-order valence-electron chi connectivity index (χ0n) is 12.4. The monoisotopic (exact) mass is 308 g/mol. The molecule has 3 heterocycles. The van der Waals surface area contributed by atoms with Crippen LogP contribution < -0.4 is 5.32 Å². The largest absolute Gasteiger partial charge is 0.378 e. The Morgan fingerprint density at radius 3 is 3.00 bits per heavy atom. The van der Waals surface area contributed by atoms with Gasteiger partial charge >= 0.3 is 0 Å². The van der Waals surface area contributed by atoms with Crippen molar-refractivity contribution in [3.8, 4) is 0 Å². The lowest BCUT2D eigenvalue weighted by Crippen LogP contribution is -2.50. The van der Waals surface area contributed by atoms with Gasteiger partial charge < -0.3 is 10.1 Å². The summed E-state index contributed by atoms with van der Waals surface area (Å²) >= 11 is 1.77. The number of amides is 1. The summed E-state index contributed by atoms with van der Waals surface area (Å²) in [5, 5.41) is 5.27. The van der Waals surface area contributed by atoms with Gasteiger partial charge in [0.2, 0.25) is 5.91 Å². The van der Waals surface area contributed by atoms with Crippen LogP contribution in [0.5, 0.6) is 0 Å². The summed E-state index contributed by atoms with van der Waals surface area (Å²) < 4.78 is 5.59. The van der Waals surface area contributed by atoms with Gasteiger partial charge in [0.15, 0.2) is 0 Å². The van der Waals surface area contributed by atoms with Crippen molar-refractivity contribution in [2.24, 2.45) is 0 Å². The molecule has 2 atom stereocenters. The van der Waals surface area contributed by atoms with Crippen LogP contribution in [0.25, 0.3) is 0 Å². The highest BCUT2D eigenvalue weighted by Crippen LogP contribution is 2.19. The Balaban J connectivity index is 1.41. The number of nitrogens with one attached hydrogen (secondary N) is 1. The molecule has 2 aliphatic rings. The number of likely N-dealkylation sites (tertiary alicyclic amines) is 1. The summed E-state index contributed by atoms with van der Waals surface area (Å²) in [4.78, 5) is 15.9. The number of nitrogens with zero attached hydrogens (tertiary/aromatic N) is 1. The van der Waals surface area contributed by atoms with Crippen molar-refractivity contribution in [3.05, 3.63) is 22.4 Å². The summed E-state index contributed by atoms with van der Waals surface area (Å²) in [5.74, 6) is 0.172. The lowest BCUT2D eigenvalue weighted by atomic mass is 10.1. The fraction of sp³-hybridized carbons (Fsp3) is 0.688. The van der Waals surface area contributed by atoms with Crippen molar-refractivity contribution in [2.75, 3.05) is 26.3 Å². The van der Waals surface area contributed by atoms with Gasteiger partial charge in [-0.05, 0) is 50.2 Å². The number of carbonyl (C=O) groups excluding carboxylic acids is 1. The van der Waals surface area contributed by atoms with E-state index in [1.54, 1.807) is 11.3 Å². The van der Waals surface area contributed by atoms with E-state index in [0.717, 1.165) is 32.5 Å². The fourth-order valence-corrected chi connectivity index (χ4v) is 4.02. The van der Waals surface area contributed by atoms with Gasteiger partial charge in [0, 0.05) is 11.3 Å². The average Bonchev–Trinajstić information content (AvgIpc) is 3.20. The molecule has 0 unspecified atom stereocenters. The number of hydrogen-bond donors (Lipinski definition) is 1. The van der Waals surface area contributed by atoms with Crippen molar-refractivity contribution < 1.29 is 9.53 Å². The van der Waals surface area contributed by atoms with Gasteiger partial charge in [-0.2, -0.15) is 0 Å². The Bertz CT molecular complexity index is 443. The van der Waals surface area contributed by atoms with Crippen LogP contribution in [0.1, 0.15) is 30.6 Å². The third kappa shape index (κ3) is 4.05. The van der Waals surface area contributed by atoms with Gasteiger partial charge in [-0.3, -0.25) is 9.69 Å². The van der Waals surface area contributed by atoms with Crippen LogP contribution in [0.15, 0.2) is 17.5 Å². The minimum absolute atomic E-state index is 0.172. The first-order valence-corrected chi connectivity index (χ1v) is 8.84. The van der Waals surface area contributed by atoms with Crippen LogP contribution in [-0.2, 0) is 16.0 Å². The maximum absolute atomic E-state index is 12.1. The maximum Gasteiger partial charge on any atom is 0.220 e. The van der Waals surface area contributed by atoms with Gasteiger partial charge in [-0.15, -0.1) is 11.3 Å². The Morgan fingerprint density at radius 2 is 2.24 bits per heavy atom. The molecule has 5 heteroatoms. The van der Waals surface area contributed by atoms with Crippen molar-refractivity contribution in [2.45, 2.75) is 44.2 Å². The molecule has 4 nitrogen and oxygen atoms in total. The molecule has 1 amide bonds. The molecule has 2 fully saturated rings. The zero-order chi connectivity index (χ0) is 14.5. The second kappa shape index (κ2) is 7.38. The molecule has 0 bridgehead atoms. The SMILES string of the molecule is O=C(CCCc1cccs1)N[C@H]1COC[C@@H]1N1CCCC1. The summed E-state index contributed by atoms with van der Waals surface area (Å²) in [6.45, 7) is 3.73. The van der Waals surface area contributed by atoms with Crippen LogP contribution in [0.4, 0.5) is 0 Å². The lowest BCUT2D eigenvalue weighted by Gasteiger charge is -2.27. The zero-order valence-corrected chi connectivity index (χ0v) is 13.2. The highest BCUT2D eigenvalue weighted by Gasteiger charge is 2.34. The molecule has 116 valence electrons. The van der Waals surface area contributed by atoms with E-state index >= 15 is 0 Å². The normalized spacial score (nSPS) is 26.3.